The van der Waals surface area contributed by atoms with Crippen LogP contribution in [0.15, 0.2) is 0 Å². The highest BCUT2D eigenvalue weighted by Gasteiger charge is 2.29. The van der Waals surface area contributed by atoms with Crippen molar-refractivity contribution in [3.8, 4) is 0 Å². The first-order chi connectivity index (χ1) is 6.91. The first-order valence-electron chi connectivity index (χ1n) is 5.10. The monoisotopic (exact) mass is 235 g/mol. The molecular formula is C9H17NO4S. The Kier molecular flexibility index (Phi) is 4.10. The zero-order chi connectivity index (χ0) is 11.5. The highest BCUT2D eigenvalue weighted by atomic mass is 32.2. The molecule has 1 N–H and O–H groups in total. The second kappa shape index (κ2) is 4.94. The van der Waals surface area contributed by atoms with E-state index in [1.807, 2.05) is 0 Å². The molecule has 0 unspecified atom stereocenters. The van der Waals surface area contributed by atoms with E-state index in [1.165, 1.54) is 4.31 Å². The zero-order valence-corrected chi connectivity index (χ0v) is 9.66. The minimum atomic E-state index is -3.27. The summed E-state index contributed by atoms with van der Waals surface area (Å²) in [4.78, 5) is 10.4. The number of aliphatic carboxylic acids is 1. The second-order valence-corrected chi connectivity index (χ2v) is 5.89. The summed E-state index contributed by atoms with van der Waals surface area (Å²) in [7, 11) is -3.27. The van der Waals surface area contributed by atoms with Crippen LogP contribution in [0.5, 0.6) is 0 Å². The summed E-state index contributed by atoms with van der Waals surface area (Å²) in [5.41, 5.74) is 0. The number of carboxylic acid groups (broad SMARTS) is 1. The fourth-order valence-corrected chi connectivity index (χ4v) is 3.19. The standard InChI is InChI=1S/C9H17NO4S/c1-15(13,14)10(7-6-9(11)12)8-4-2-3-5-8/h8H,2-7H2,1H3,(H,11,12). The quantitative estimate of drug-likeness (QED) is 0.759. The predicted molar refractivity (Wildman–Crippen MR) is 56.1 cm³/mol. The second-order valence-electron chi connectivity index (χ2n) is 3.96. The van der Waals surface area contributed by atoms with Crippen LogP contribution in [0.3, 0.4) is 0 Å². The van der Waals surface area contributed by atoms with Gasteiger partial charge in [-0.1, -0.05) is 12.8 Å². The molecule has 0 aromatic rings. The summed E-state index contributed by atoms with van der Waals surface area (Å²) < 4.78 is 24.3. The summed E-state index contributed by atoms with van der Waals surface area (Å²) in [6, 6.07) is 0.0133. The molecule has 0 radical (unpaired) electrons. The molecule has 15 heavy (non-hydrogen) atoms. The molecule has 1 saturated carbocycles. The van der Waals surface area contributed by atoms with Crippen molar-refractivity contribution in [2.75, 3.05) is 12.8 Å². The molecule has 0 aromatic heterocycles. The molecule has 0 heterocycles. The molecule has 0 amide bonds. The first kappa shape index (κ1) is 12.4. The molecule has 0 aromatic carbocycles. The zero-order valence-electron chi connectivity index (χ0n) is 8.85. The molecule has 1 rings (SSSR count). The van der Waals surface area contributed by atoms with Crippen molar-refractivity contribution in [1.29, 1.82) is 0 Å². The van der Waals surface area contributed by atoms with E-state index in [1.54, 1.807) is 0 Å². The summed E-state index contributed by atoms with van der Waals surface area (Å²) >= 11 is 0. The molecule has 1 aliphatic carbocycles. The number of carbonyl (C=O) groups is 1. The number of sulfonamides is 1. The smallest absolute Gasteiger partial charge is 0.304 e. The van der Waals surface area contributed by atoms with Crippen LogP contribution in [-0.4, -0.2) is 42.6 Å². The van der Waals surface area contributed by atoms with Gasteiger partial charge in [0.15, 0.2) is 0 Å². The maximum Gasteiger partial charge on any atom is 0.304 e. The normalized spacial score (nSPS) is 18.5. The third-order valence-corrected chi connectivity index (χ3v) is 4.04. The van der Waals surface area contributed by atoms with Gasteiger partial charge in [-0.15, -0.1) is 0 Å². The van der Waals surface area contributed by atoms with Gasteiger partial charge in [0, 0.05) is 12.6 Å². The van der Waals surface area contributed by atoms with Gasteiger partial charge in [-0.05, 0) is 12.8 Å². The van der Waals surface area contributed by atoms with E-state index in [0.29, 0.717) is 0 Å². The van der Waals surface area contributed by atoms with E-state index in [0.717, 1.165) is 31.9 Å². The minimum Gasteiger partial charge on any atom is -0.481 e. The van der Waals surface area contributed by atoms with Crippen molar-refractivity contribution in [1.82, 2.24) is 4.31 Å². The van der Waals surface area contributed by atoms with Crippen LogP contribution < -0.4 is 0 Å². The van der Waals surface area contributed by atoms with Crippen molar-refractivity contribution in [2.45, 2.75) is 38.1 Å². The topological polar surface area (TPSA) is 74.7 Å². The number of nitrogens with zero attached hydrogens (tertiary/aromatic N) is 1. The molecule has 1 aliphatic rings. The Morgan fingerprint density at radius 3 is 2.33 bits per heavy atom. The number of hydrogen-bond donors (Lipinski definition) is 1. The van der Waals surface area contributed by atoms with E-state index in [4.69, 9.17) is 5.11 Å². The Morgan fingerprint density at radius 1 is 1.40 bits per heavy atom. The fourth-order valence-electron chi connectivity index (χ4n) is 2.02. The molecular weight excluding hydrogens is 218 g/mol. The van der Waals surface area contributed by atoms with Crippen LogP contribution in [0.2, 0.25) is 0 Å². The maximum atomic E-state index is 11.5. The van der Waals surface area contributed by atoms with E-state index in [2.05, 4.69) is 0 Å². The van der Waals surface area contributed by atoms with Gasteiger partial charge in [-0.3, -0.25) is 4.79 Å². The van der Waals surface area contributed by atoms with Crippen LogP contribution in [0.1, 0.15) is 32.1 Å². The van der Waals surface area contributed by atoms with Gasteiger partial charge in [0.05, 0.1) is 12.7 Å². The SMILES string of the molecule is CS(=O)(=O)N(CCC(=O)O)C1CCCC1. The van der Waals surface area contributed by atoms with Crippen molar-refractivity contribution in [2.24, 2.45) is 0 Å². The van der Waals surface area contributed by atoms with Gasteiger partial charge in [0.1, 0.15) is 0 Å². The highest BCUT2D eigenvalue weighted by Crippen LogP contribution is 2.25. The van der Waals surface area contributed by atoms with Crippen LogP contribution in [0, 0.1) is 0 Å². The third kappa shape index (κ3) is 3.79. The number of hydrogen-bond acceptors (Lipinski definition) is 3. The lowest BCUT2D eigenvalue weighted by Crippen LogP contribution is -2.39. The van der Waals surface area contributed by atoms with Crippen molar-refractivity contribution in [3.63, 3.8) is 0 Å². The fraction of sp³-hybridized carbons (Fsp3) is 0.889. The predicted octanol–water partition coefficient (Wildman–Crippen LogP) is 0.665. The lowest BCUT2D eigenvalue weighted by molar-refractivity contribution is -0.137. The molecule has 0 spiro atoms. The summed E-state index contributed by atoms with van der Waals surface area (Å²) in [5, 5.41) is 8.55. The van der Waals surface area contributed by atoms with Crippen molar-refractivity contribution < 1.29 is 18.3 Å². The Hall–Kier alpha value is -0.620. The summed E-state index contributed by atoms with van der Waals surface area (Å²) in [5.74, 6) is -0.957. The van der Waals surface area contributed by atoms with Crippen LogP contribution in [0.4, 0.5) is 0 Å². The largest absolute Gasteiger partial charge is 0.481 e. The van der Waals surface area contributed by atoms with E-state index >= 15 is 0 Å². The summed E-state index contributed by atoms with van der Waals surface area (Å²) in [6.45, 7) is 0.0961. The molecule has 88 valence electrons. The van der Waals surface area contributed by atoms with Gasteiger partial charge in [0.2, 0.25) is 10.0 Å². The van der Waals surface area contributed by atoms with Gasteiger partial charge >= 0.3 is 5.97 Å². The van der Waals surface area contributed by atoms with Crippen LogP contribution in [-0.2, 0) is 14.8 Å². The Bertz CT molecular complexity index is 319. The summed E-state index contributed by atoms with van der Waals surface area (Å²) in [6.07, 6.45) is 4.80. The van der Waals surface area contributed by atoms with Gasteiger partial charge in [0.25, 0.3) is 0 Å². The molecule has 6 heteroatoms. The Morgan fingerprint density at radius 2 is 1.93 bits per heavy atom. The Balaban J connectivity index is 2.65. The average molecular weight is 235 g/mol. The molecule has 0 saturated heterocycles. The van der Waals surface area contributed by atoms with Crippen LogP contribution in [0.25, 0.3) is 0 Å². The van der Waals surface area contributed by atoms with Crippen molar-refractivity contribution >= 4 is 16.0 Å². The van der Waals surface area contributed by atoms with Gasteiger partial charge in [-0.2, -0.15) is 4.31 Å². The molecule has 0 aliphatic heterocycles. The van der Waals surface area contributed by atoms with Crippen LogP contribution >= 0.6 is 0 Å². The average Bonchev–Trinajstić information content (AvgIpc) is 2.54. The maximum absolute atomic E-state index is 11.5. The highest BCUT2D eigenvalue weighted by molar-refractivity contribution is 7.88. The third-order valence-electron chi connectivity index (χ3n) is 2.70. The number of rotatable bonds is 5. The van der Waals surface area contributed by atoms with Gasteiger partial charge in [-0.25, -0.2) is 8.42 Å². The molecule has 1 fully saturated rings. The van der Waals surface area contributed by atoms with E-state index in [9.17, 15) is 13.2 Å². The van der Waals surface area contributed by atoms with E-state index < -0.39 is 16.0 Å². The van der Waals surface area contributed by atoms with Crippen molar-refractivity contribution in [3.05, 3.63) is 0 Å². The molecule has 5 nitrogen and oxygen atoms in total. The lowest BCUT2D eigenvalue weighted by Gasteiger charge is -2.25. The lowest BCUT2D eigenvalue weighted by atomic mass is 10.2. The Labute approximate surface area is 90.1 Å². The molecule has 0 atom stereocenters. The first-order valence-corrected chi connectivity index (χ1v) is 6.94. The number of carboxylic acids is 1. The van der Waals surface area contributed by atoms with E-state index in [-0.39, 0.29) is 19.0 Å². The minimum absolute atomic E-state index is 0.0133. The van der Waals surface area contributed by atoms with Gasteiger partial charge < -0.3 is 5.11 Å². The molecule has 0 bridgehead atoms.